The van der Waals surface area contributed by atoms with E-state index in [4.69, 9.17) is 4.52 Å². The monoisotopic (exact) mass is 213 g/mol. The van der Waals surface area contributed by atoms with Gasteiger partial charge in [-0.05, 0) is 27.4 Å². The van der Waals surface area contributed by atoms with E-state index in [1.165, 1.54) is 0 Å². The first kappa shape index (κ1) is 12.1. The Bertz CT molecular complexity index is 297. The summed E-state index contributed by atoms with van der Waals surface area (Å²) in [7, 11) is 3.89. The fourth-order valence-electron chi connectivity index (χ4n) is 1.49. The van der Waals surface area contributed by atoms with Crippen molar-refractivity contribution in [3.8, 4) is 0 Å². The molecule has 1 N–H and O–H groups in total. The van der Waals surface area contributed by atoms with Crippen LogP contribution in [0.25, 0.3) is 0 Å². The van der Waals surface area contributed by atoms with Crippen LogP contribution in [0.1, 0.15) is 37.9 Å². The van der Waals surface area contributed by atoms with Crippen molar-refractivity contribution in [2.75, 3.05) is 14.1 Å². The van der Waals surface area contributed by atoms with Gasteiger partial charge in [-0.2, -0.15) is 4.98 Å². The van der Waals surface area contributed by atoms with Crippen LogP contribution in [0.15, 0.2) is 4.52 Å². The van der Waals surface area contributed by atoms with Gasteiger partial charge in [0.1, 0.15) is 0 Å². The second-order valence-electron chi connectivity index (χ2n) is 4.04. The number of nitrogens with zero attached hydrogens (tertiary/aromatic N) is 3. The summed E-state index contributed by atoms with van der Waals surface area (Å²) in [5.74, 6) is 1.13. The summed E-state index contributed by atoms with van der Waals surface area (Å²) in [6, 6.07) is 0. The first-order valence-electron chi connectivity index (χ1n) is 5.19. The predicted molar refractivity (Wildman–Crippen MR) is 56.4 cm³/mol. The Hall–Kier alpha value is -0.940. The number of aromatic nitrogens is 2. The summed E-state index contributed by atoms with van der Waals surface area (Å²) >= 11 is 0. The van der Waals surface area contributed by atoms with Crippen LogP contribution < -0.4 is 0 Å². The van der Waals surface area contributed by atoms with Crippen molar-refractivity contribution in [2.45, 2.75) is 38.8 Å². The molecule has 15 heavy (non-hydrogen) atoms. The smallest absolute Gasteiger partial charge is 0.232 e. The highest BCUT2D eigenvalue weighted by Crippen LogP contribution is 2.21. The molecule has 0 aromatic carbocycles. The molecule has 1 aromatic rings. The van der Waals surface area contributed by atoms with E-state index >= 15 is 0 Å². The lowest BCUT2D eigenvalue weighted by molar-refractivity contribution is 0.141. The van der Waals surface area contributed by atoms with Gasteiger partial charge in [-0.15, -0.1) is 0 Å². The minimum atomic E-state index is -0.456. The van der Waals surface area contributed by atoms with E-state index < -0.39 is 6.10 Å². The van der Waals surface area contributed by atoms with Gasteiger partial charge in [0.2, 0.25) is 5.89 Å². The Morgan fingerprint density at radius 1 is 1.47 bits per heavy atom. The summed E-state index contributed by atoms with van der Waals surface area (Å²) in [5.41, 5.74) is 0. The minimum Gasteiger partial charge on any atom is -0.393 e. The van der Waals surface area contributed by atoms with Gasteiger partial charge < -0.3 is 14.5 Å². The lowest BCUT2D eigenvalue weighted by Crippen LogP contribution is -2.15. The topological polar surface area (TPSA) is 62.4 Å². The fourth-order valence-corrected chi connectivity index (χ4v) is 1.49. The van der Waals surface area contributed by atoms with Crippen LogP contribution >= 0.6 is 0 Å². The molecular formula is C10H19N3O2. The summed E-state index contributed by atoms with van der Waals surface area (Å²) < 4.78 is 5.13. The molecule has 5 heteroatoms. The maximum absolute atomic E-state index is 9.52. The SMILES string of the molecule is CCC(c1nc(CN(C)C)no1)C(C)O. The van der Waals surface area contributed by atoms with Crippen molar-refractivity contribution in [3.63, 3.8) is 0 Å². The van der Waals surface area contributed by atoms with Crippen LogP contribution in [0.3, 0.4) is 0 Å². The van der Waals surface area contributed by atoms with Gasteiger partial charge in [0, 0.05) is 0 Å². The summed E-state index contributed by atoms with van der Waals surface area (Å²) in [6.45, 7) is 4.39. The number of aliphatic hydroxyl groups excluding tert-OH is 1. The zero-order valence-corrected chi connectivity index (χ0v) is 9.77. The molecule has 0 aliphatic carbocycles. The third kappa shape index (κ3) is 3.28. The van der Waals surface area contributed by atoms with Crippen LogP contribution in [0.5, 0.6) is 0 Å². The molecule has 0 saturated carbocycles. The van der Waals surface area contributed by atoms with Crippen LogP contribution in [0, 0.1) is 0 Å². The van der Waals surface area contributed by atoms with Crippen molar-refractivity contribution in [1.82, 2.24) is 15.0 Å². The number of hydrogen-bond acceptors (Lipinski definition) is 5. The molecule has 5 nitrogen and oxygen atoms in total. The van der Waals surface area contributed by atoms with Crippen LogP contribution in [-0.2, 0) is 6.54 Å². The molecule has 1 heterocycles. The lowest BCUT2D eigenvalue weighted by atomic mass is 10.0. The Morgan fingerprint density at radius 2 is 2.13 bits per heavy atom. The summed E-state index contributed by atoms with van der Waals surface area (Å²) in [6.07, 6.45) is 0.337. The lowest BCUT2D eigenvalue weighted by Gasteiger charge is -2.12. The van der Waals surface area contributed by atoms with Crippen LogP contribution in [-0.4, -0.2) is 40.3 Å². The molecule has 1 rings (SSSR count). The molecule has 0 aliphatic rings. The zero-order chi connectivity index (χ0) is 11.4. The standard InChI is InChI=1S/C10H19N3O2/c1-5-8(7(2)14)10-11-9(12-15-10)6-13(3)4/h7-8,14H,5-6H2,1-4H3. The average Bonchev–Trinajstić information content (AvgIpc) is 2.52. The Labute approximate surface area is 90.1 Å². The minimum absolute atomic E-state index is 0.0617. The molecule has 0 radical (unpaired) electrons. The van der Waals surface area contributed by atoms with E-state index in [0.717, 1.165) is 6.42 Å². The Kier molecular flexibility index (Phi) is 4.23. The van der Waals surface area contributed by atoms with Crippen molar-refractivity contribution < 1.29 is 9.63 Å². The van der Waals surface area contributed by atoms with Crippen LogP contribution in [0.4, 0.5) is 0 Å². The Morgan fingerprint density at radius 3 is 2.60 bits per heavy atom. The van der Waals surface area contributed by atoms with E-state index in [2.05, 4.69) is 10.1 Å². The van der Waals surface area contributed by atoms with Gasteiger partial charge in [-0.3, -0.25) is 0 Å². The largest absolute Gasteiger partial charge is 0.393 e. The molecule has 0 saturated heterocycles. The molecule has 0 aliphatic heterocycles. The maximum Gasteiger partial charge on any atom is 0.232 e. The van der Waals surface area contributed by atoms with Crippen molar-refractivity contribution in [3.05, 3.63) is 11.7 Å². The molecule has 2 unspecified atom stereocenters. The van der Waals surface area contributed by atoms with Crippen molar-refractivity contribution in [2.24, 2.45) is 0 Å². The number of hydrogen-bond donors (Lipinski definition) is 1. The van der Waals surface area contributed by atoms with Crippen molar-refractivity contribution in [1.29, 1.82) is 0 Å². The molecule has 86 valence electrons. The second-order valence-corrected chi connectivity index (χ2v) is 4.04. The predicted octanol–water partition coefficient (Wildman–Crippen LogP) is 1.01. The maximum atomic E-state index is 9.52. The normalized spacial score (nSPS) is 15.6. The molecule has 0 bridgehead atoms. The van der Waals surface area contributed by atoms with Gasteiger partial charge >= 0.3 is 0 Å². The summed E-state index contributed by atoms with van der Waals surface area (Å²) in [5, 5.41) is 13.4. The number of aliphatic hydroxyl groups is 1. The Balaban J connectivity index is 2.73. The third-order valence-corrected chi connectivity index (χ3v) is 2.28. The zero-order valence-electron chi connectivity index (χ0n) is 9.77. The molecule has 2 atom stereocenters. The highest BCUT2D eigenvalue weighted by molar-refractivity contribution is 4.95. The third-order valence-electron chi connectivity index (χ3n) is 2.28. The molecule has 0 amide bonds. The fraction of sp³-hybridized carbons (Fsp3) is 0.800. The van der Waals surface area contributed by atoms with Gasteiger partial charge in [0.15, 0.2) is 5.82 Å². The first-order chi connectivity index (χ1) is 7.04. The van der Waals surface area contributed by atoms with E-state index in [-0.39, 0.29) is 5.92 Å². The summed E-state index contributed by atoms with van der Waals surface area (Å²) in [4.78, 5) is 6.23. The molecule has 1 aromatic heterocycles. The molecule has 0 spiro atoms. The van der Waals surface area contributed by atoms with Gasteiger partial charge in [0.05, 0.1) is 18.6 Å². The van der Waals surface area contributed by atoms with Gasteiger partial charge in [-0.25, -0.2) is 0 Å². The van der Waals surface area contributed by atoms with E-state index in [1.807, 2.05) is 25.9 Å². The average molecular weight is 213 g/mol. The molecule has 0 fully saturated rings. The van der Waals surface area contributed by atoms with Crippen molar-refractivity contribution >= 4 is 0 Å². The number of rotatable bonds is 5. The quantitative estimate of drug-likeness (QED) is 0.790. The van der Waals surface area contributed by atoms with Crippen LogP contribution in [0.2, 0.25) is 0 Å². The van der Waals surface area contributed by atoms with E-state index in [1.54, 1.807) is 6.92 Å². The first-order valence-corrected chi connectivity index (χ1v) is 5.19. The van der Waals surface area contributed by atoms with Gasteiger partial charge in [0.25, 0.3) is 0 Å². The van der Waals surface area contributed by atoms with E-state index in [9.17, 15) is 5.11 Å². The van der Waals surface area contributed by atoms with Gasteiger partial charge in [-0.1, -0.05) is 12.1 Å². The molecular weight excluding hydrogens is 194 g/mol. The highest BCUT2D eigenvalue weighted by Gasteiger charge is 2.21. The highest BCUT2D eigenvalue weighted by atomic mass is 16.5. The van der Waals surface area contributed by atoms with E-state index in [0.29, 0.717) is 18.3 Å². The second kappa shape index (κ2) is 5.23.